The van der Waals surface area contributed by atoms with Crippen molar-refractivity contribution >= 4 is 44.0 Å². The van der Waals surface area contributed by atoms with Gasteiger partial charge in [0, 0.05) is 33.7 Å². The van der Waals surface area contributed by atoms with Crippen molar-refractivity contribution in [1.29, 1.82) is 0 Å². The highest BCUT2D eigenvalue weighted by molar-refractivity contribution is 9.10. The lowest BCUT2D eigenvalue weighted by Crippen LogP contribution is -2.08. The number of benzene rings is 2. The fourth-order valence-electron chi connectivity index (χ4n) is 2.39. The summed E-state index contributed by atoms with van der Waals surface area (Å²) < 4.78 is 16.3. The SMILES string of the molecule is NC(=S)c1ccc2c(ccn2Cc2cc(F)cc(Br)c2)c1. The third kappa shape index (κ3) is 2.99. The van der Waals surface area contributed by atoms with Crippen LogP contribution in [0.1, 0.15) is 11.1 Å². The lowest BCUT2D eigenvalue weighted by Gasteiger charge is -2.07. The molecule has 0 radical (unpaired) electrons. The zero-order valence-corrected chi connectivity index (χ0v) is 13.4. The normalized spacial score (nSPS) is 11.0. The van der Waals surface area contributed by atoms with Crippen LogP contribution < -0.4 is 5.73 Å². The van der Waals surface area contributed by atoms with Gasteiger partial charge in [-0.2, -0.15) is 0 Å². The number of aromatic nitrogens is 1. The van der Waals surface area contributed by atoms with Crippen molar-refractivity contribution < 1.29 is 4.39 Å². The smallest absolute Gasteiger partial charge is 0.124 e. The fourth-order valence-corrected chi connectivity index (χ4v) is 3.03. The second kappa shape index (κ2) is 5.58. The predicted octanol–water partition coefficient (Wildman–Crippen LogP) is 4.23. The molecule has 0 saturated carbocycles. The van der Waals surface area contributed by atoms with Crippen LogP contribution >= 0.6 is 28.1 Å². The van der Waals surface area contributed by atoms with Crippen molar-refractivity contribution in [3.05, 3.63) is 70.1 Å². The van der Waals surface area contributed by atoms with E-state index in [0.717, 1.165) is 26.5 Å². The minimum atomic E-state index is -0.244. The molecule has 3 rings (SSSR count). The van der Waals surface area contributed by atoms with E-state index in [1.165, 1.54) is 6.07 Å². The summed E-state index contributed by atoms with van der Waals surface area (Å²) in [6, 6.07) is 12.8. The van der Waals surface area contributed by atoms with Gasteiger partial charge < -0.3 is 10.3 Å². The number of nitrogens with zero attached hydrogens (tertiary/aromatic N) is 1. The summed E-state index contributed by atoms with van der Waals surface area (Å²) in [6.07, 6.45) is 1.98. The molecule has 106 valence electrons. The van der Waals surface area contributed by atoms with Crippen molar-refractivity contribution in [2.45, 2.75) is 6.54 Å². The highest BCUT2D eigenvalue weighted by Gasteiger charge is 2.06. The van der Waals surface area contributed by atoms with E-state index in [9.17, 15) is 4.39 Å². The average Bonchev–Trinajstić information content (AvgIpc) is 2.80. The summed E-state index contributed by atoms with van der Waals surface area (Å²) in [5.41, 5.74) is 8.46. The predicted molar refractivity (Wildman–Crippen MR) is 91.0 cm³/mol. The second-order valence-electron chi connectivity index (χ2n) is 4.86. The highest BCUT2D eigenvalue weighted by atomic mass is 79.9. The van der Waals surface area contributed by atoms with Crippen LogP contribution in [-0.2, 0) is 6.54 Å². The number of halogens is 2. The Kier molecular flexibility index (Phi) is 3.78. The number of nitrogens with two attached hydrogens (primary N) is 1. The Morgan fingerprint density at radius 3 is 2.71 bits per heavy atom. The molecule has 5 heteroatoms. The molecule has 1 heterocycles. The van der Waals surface area contributed by atoms with Gasteiger partial charge in [0.2, 0.25) is 0 Å². The number of fused-ring (bicyclic) bond motifs is 1. The van der Waals surface area contributed by atoms with Crippen LogP contribution in [-0.4, -0.2) is 9.56 Å². The van der Waals surface area contributed by atoms with E-state index >= 15 is 0 Å². The van der Waals surface area contributed by atoms with Crippen LogP contribution in [0.5, 0.6) is 0 Å². The van der Waals surface area contributed by atoms with Crippen molar-refractivity contribution in [2.75, 3.05) is 0 Å². The Balaban J connectivity index is 1.99. The molecule has 0 unspecified atom stereocenters. The molecule has 3 aromatic rings. The van der Waals surface area contributed by atoms with Gasteiger partial charge in [-0.25, -0.2) is 4.39 Å². The first-order valence-electron chi connectivity index (χ1n) is 6.36. The standard InChI is InChI=1S/C16H12BrFN2S/c17-13-5-10(6-14(18)8-13)9-20-4-3-11-7-12(16(19)21)1-2-15(11)20/h1-8H,9H2,(H2,19,21). The lowest BCUT2D eigenvalue weighted by atomic mass is 10.1. The fraction of sp³-hybridized carbons (Fsp3) is 0.0625. The van der Waals surface area contributed by atoms with E-state index < -0.39 is 0 Å². The quantitative estimate of drug-likeness (QED) is 0.707. The van der Waals surface area contributed by atoms with Crippen molar-refractivity contribution in [2.24, 2.45) is 5.73 Å². The Morgan fingerprint density at radius 1 is 1.19 bits per heavy atom. The molecule has 2 N–H and O–H groups in total. The summed E-state index contributed by atoms with van der Waals surface area (Å²) in [4.78, 5) is 0.388. The van der Waals surface area contributed by atoms with Crippen LogP contribution in [0.3, 0.4) is 0 Å². The molecule has 2 aromatic carbocycles. The largest absolute Gasteiger partial charge is 0.389 e. The monoisotopic (exact) mass is 362 g/mol. The molecule has 0 atom stereocenters. The number of hydrogen-bond acceptors (Lipinski definition) is 1. The minimum Gasteiger partial charge on any atom is -0.389 e. The molecule has 0 aliphatic rings. The molecule has 0 fully saturated rings. The maximum Gasteiger partial charge on any atom is 0.124 e. The first-order chi connectivity index (χ1) is 10.0. The van der Waals surface area contributed by atoms with Gasteiger partial charge in [0.1, 0.15) is 10.8 Å². The zero-order valence-electron chi connectivity index (χ0n) is 11.0. The van der Waals surface area contributed by atoms with E-state index in [-0.39, 0.29) is 5.82 Å². The molecule has 0 aliphatic carbocycles. The van der Waals surface area contributed by atoms with Crippen LogP contribution in [0.25, 0.3) is 10.9 Å². The molecular formula is C16H12BrFN2S. The van der Waals surface area contributed by atoms with E-state index in [1.807, 2.05) is 36.5 Å². The summed E-state index contributed by atoms with van der Waals surface area (Å²) >= 11 is 8.30. The van der Waals surface area contributed by atoms with Gasteiger partial charge >= 0.3 is 0 Å². The van der Waals surface area contributed by atoms with Crippen molar-refractivity contribution in [1.82, 2.24) is 4.57 Å². The van der Waals surface area contributed by atoms with Crippen molar-refractivity contribution in [3.63, 3.8) is 0 Å². The van der Waals surface area contributed by atoms with Gasteiger partial charge in [-0.3, -0.25) is 0 Å². The van der Waals surface area contributed by atoms with Crippen LogP contribution in [0.2, 0.25) is 0 Å². The van der Waals surface area contributed by atoms with Gasteiger partial charge in [-0.15, -0.1) is 0 Å². The summed E-state index contributed by atoms with van der Waals surface area (Å²) in [5, 5.41) is 1.07. The van der Waals surface area contributed by atoms with E-state index in [1.54, 1.807) is 6.07 Å². The molecule has 0 bridgehead atoms. The Morgan fingerprint density at radius 2 is 2.00 bits per heavy atom. The molecule has 0 aliphatic heterocycles. The number of hydrogen-bond donors (Lipinski definition) is 1. The third-order valence-corrected chi connectivity index (χ3v) is 4.02. The minimum absolute atomic E-state index is 0.244. The van der Waals surface area contributed by atoms with Gasteiger partial charge in [-0.05, 0) is 48.0 Å². The Bertz CT molecular complexity index is 821. The van der Waals surface area contributed by atoms with Gasteiger partial charge in [0.05, 0.1) is 0 Å². The highest BCUT2D eigenvalue weighted by Crippen LogP contribution is 2.21. The van der Waals surface area contributed by atoms with Gasteiger partial charge in [-0.1, -0.05) is 28.1 Å². The number of rotatable bonds is 3. The summed E-state index contributed by atoms with van der Waals surface area (Å²) in [5.74, 6) is -0.244. The molecule has 0 saturated heterocycles. The van der Waals surface area contributed by atoms with Crippen LogP contribution in [0.15, 0.2) is 53.1 Å². The summed E-state index contributed by atoms with van der Waals surface area (Å²) in [6.45, 7) is 0.603. The van der Waals surface area contributed by atoms with Crippen molar-refractivity contribution in [3.8, 4) is 0 Å². The molecule has 0 spiro atoms. The third-order valence-electron chi connectivity index (χ3n) is 3.33. The Hall–Kier alpha value is -1.72. The topological polar surface area (TPSA) is 30.9 Å². The Labute approximate surface area is 135 Å². The van der Waals surface area contributed by atoms with E-state index in [2.05, 4.69) is 20.5 Å². The molecule has 1 aromatic heterocycles. The van der Waals surface area contributed by atoms with Gasteiger partial charge in [0.25, 0.3) is 0 Å². The first-order valence-corrected chi connectivity index (χ1v) is 7.57. The van der Waals surface area contributed by atoms with Crippen LogP contribution in [0, 0.1) is 5.82 Å². The maximum atomic E-state index is 13.4. The molecule has 2 nitrogen and oxygen atoms in total. The maximum absolute atomic E-state index is 13.4. The molecule has 0 amide bonds. The zero-order chi connectivity index (χ0) is 15.0. The van der Waals surface area contributed by atoms with Crippen LogP contribution in [0.4, 0.5) is 4.39 Å². The van der Waals surface area contributed by atoms with E-state index in [0.29, 0.717) is 11.5 Å². The first kappa shape index (κ1) is 14.2. The molecular weight excluding hydrogens is 351 g/mol. The van der Waals surface area contributed by atoms with E-state index in [4.69, 9.17) is 18.0 Å². The lowest BCUT2D eigenvalue weighted by molar-refractivity contribution is 0.623. The second-order valence-corrected chi connectivity index (χ2v) is 6.21. The van der Waals surface area contributed by atoms with Gasteiger partial charge in [0.15, 0.2) is 0 Å². The summed E-state index contributed by atoms with van der Waals surface area (Å²) in [7, 11) is 0. The number of thiocarbonyl (C=S) groups is 1. The average molecular weight is 363 g/mol. The molecule has 21 heavy (non-hydrogen) atoms.